The Morgan fingerprint density at radius 2 is 2.11 bits per heavy atom. The summed E-state index contributed by atoms with van der Waals surface area (Å²) in [5.74, 6) is -0.149. The number of hydrogen-bond acceptors (Lipinski definition) is 3. The fourth-order valence-electron chi connectivity index (χ4n) is 1.96. The lowest BCUT2D eigenvalue weighted by Crippen LogP contribution is -2.31. The van der Waals surface area contributed by atoms with Gasteiger partial charge in [0.1, 0.15) is 5.69 Å². The highest BCUT2D eigenvalue weighted by atomic mass is 35.5. The van der Waals surface area contributed by atoms with Crippen LogP contribution in [-0.2, 0) is 6.54 Å². The maximum Gasteiger partial charge on any atom is 0.271 e. The molecule has 0 unspecified atom stereocenters. The van der Waals surface area contributed by atoms with E-state index in [1.807, 2.05) is 6.92 Å². The van der Waals surface area contributed by atoms with Gasteiger partial charge in [-0.15, -0.1) is 0 Å². The first-order valence-electron chi connectivity index (χ1n) is 6.85. The fourth-order valence-corrected chi connectivity index (χ4v) is 2.18. The molecule has 0 saturated carbocycles. The molecule has 0 aromatic carbocycles. The molecular weight excluding hydrogens is 264 g/mol. The van der Waals surface area contributed by atoms with E-state index in [2.05, 4.69) is 29.2 Å². The fraction of sp³-hybridized carbons (Fsp3) is 0.692. The van der Waals surface area contributed by atoms with E-state index in [4.69, 9.17) is 11.6 Å². The van der Waals surface area contributed by atoms with Crippen LogP contribution in [0.4, 0.5) is 0 Å². The number of carbonyl (C=O) groups is 1. The van der Waals surface area contributed by atoms with Crippen molar-refractivity contribution in [3.63, 3.8) is 0 Å². The molecule has 1 aromatic heterocycles. The lowest BCUT2D eigenvalue weighted by Gasteiger charge is -2.17. The van der Waals surface area contributed by atoms with Crippen LogP contribution < -0.4 is 5.32 Å². The van der Waals surface area contributed by atoms with E-state index in [1.165, 1.54) is 6.20 Å². The first kappa shape index (κ1) is 16.0. The molecule has 6 heteroatoms. The minimum Gasteiger partial charge on any atom is -0.351 e. The van der Waals surface area contributed by atoms with Gasteiger partial charge in [-0.05, 0) is 33.0 Å². The van der Waals surface area contributed by atoms with Gasteiger partial charge in [-0.25, -0.2) is 0 Å². The first-order valence-corrected chi connectivity index (χ1v) is 7.23. The van der Waals surface area contributed by atoms with Crippen molar-refractivity contribution in [2.45, 2.75) is 33.7 Å². The number of aromatic nitrogens is 2. The molecule has 1 amide bonds. The summed E-state index contributed by atoms with van der Waals surface area (Å²) in [5, 5.41) is 7.35. The van der Waals surface area contributed by atoms with E-state index in [9.17, 15) is 4.79 Å². The molecule has 0 aliphatic carbocycles. The van der Waals surface area contributed by atoms with Gasteiger partial charge in [0.05, 0.1) is 11.2 Å². The third kappa shape index (κ3) is 4.51. The average Bonchev–Trinajstić information content (AvgIpc) is 2.80. The number of amides is 1. The van der Waals surface area contributed by atoms with Gasteiger partial charge in [0.25, 0.3) is 5.91 Å². The number of nitrogens with zero attached hydrogens (tertiary/aromatic N) is 3. The molecule has 0 saturated heterocycles. The first-order chi connectivity index (χ1) is 9.13. The standard InChI is InChI=1S/C13H23ClN4O/c1-4-17(5-2)9-7-8-15-13(19)12-11(14)10-16-18(12)6-3/h10H,4-9H2,1-3H3,(H,15,19). The third-order valence-electron chi connectivity index (χ3n) is 3.14. The second kappa shape index (κ2) is 8.17. The van der Waals surface area contributed by atoms with E-state index >= 15 is 0 Å². The molecule has 19 heavy (non-hydrogen) atoms. The lowest BCUT2D eigenvalue weighted by atomic mass is 10.3. The van der Waals surface area contributed by atoms with Gasteiger partial charge in [0, 0.05) is 13.1 Å². The van der Waals surface area contributed by atoms with Crippen molar-refractivity contribution in [3.8, 4) is 0 Å². The summed E-state index contributed by atoms with van der Waals surface area (Å²) >= 11 is 5.97. The molecular formula is C13H23ClN4O. The van der Waals surface area contributed by atoms with Crippen LogP contribution in [-0.4, -0.2) is 46.8 Å². The Morgan fingerprint density at radius 3 is 2.68 bits per heavy atom. The van der Waals surface area contributed by atoms with Crippen molar-refractivity contribution in [2.75, 3.05) is 26.2 Å². The van der Waals surface area contributed by atoms with Crippen LogP contribution in [0.2, 0.25) is 5.02 Å². The molecule has 0 bridgehead atoms. The van der Waals surface area contributed by atoms with Crippen molar-refractivity contribution < 1.29 is 4.79 Å². The highest BCUT2D eigenvalue weighted by Gasteiger charge is 2.15. The SMILES string of the molecule is CCN(CC)CCCNC(=O)c1c(Cl)cnn1CC. The van der Waals surface area contributed by atoms with Gasteiger partial charge in [-0.2, -0.15) is 5.10 Å². The Balaban J connectivity index is 2.41. The van der Waals surface area contributed by atoms with E-state index in [1.54, 1.807) is 4.68 Å². The third-order valence-corrected chi connectivity index (χ3v) is 3.42. The zero-order valence-corrected chi connectivity index (χ0v) is 12.7. The summed E-state index contributed by atoms with van der Waals surface area (Å²) in [6.45, 7) is 10.6. The maximum absolute atomic E-state index is 12.0. The van der Waals surface area contributed by atoms with Crippen LogP contribution in [0.25, 0.3) is 0 Å². The van der Waals surface area contributed by atoms with E-state index in [0.717, 1.165) is 26.1 Å². The Morgan fingerprint density at radius 1 is 1.42 bits per heavy atom. The van der Waals surface area contributed by atoms with Crippen molar-refractivity contribution in [1.82, 2.24) is 20.0 Å². The second-order valence-corrected chi connectivity index (χ2v) is 4.70. The summed E-state index contributed by atoms with van der Waals surface area (Å²) in [4.78, 5) is 14.3. The maximum atomic E-state index is 12.0. The van der Waals surface area contributed by atoms with Gasteiger partial charge < -0.3 is 10.2 Å². The summed E-state index contributed by atoms with van der Waals surface area (Å²) < 4.78 is 1.61. The van der Waals surface area contributed by atoms with Gasteiger partial charge in [0.2, 0.25) is 0 Å². The molecule has 0 aliphatic rings. The zero-order valence-electron chi connectivity index (χ0n) is 11.9. The van der Waals surface area contributed by atoms with Crippen molar-refractivity contribution in [3.05, 3.63) is 16.9 Å². The highest BCUT2D eigenvalue weighted by molar-refractivity contribution is 6.33. The van der Waals surface area contributed by atoms with Gasteiger partial charge >= 0.3 is 0 Å². The van der Waals surface area contributed by atoms with Crippen molar-refractivity contribution >= 4 is 17.5 Å². The highest BCUT2D eigenvalue weighted by Crippen LogP contribution is 2.14. The molecule has 108 valence electrons. The van der Waals surface area contributed by atoms with Gasteiger partial charge in [0.15, 0.2) is 0 Å². The van der Waals surface area contributed by atoms with Crippen LogP contribution >= 0.6 is 11.6 Å². The number of carbonyl (C=O) groups excluding carboxylic acids is 1. The molecule has 1 rings (SSSR count). The predicted molar refractivity (Wildman–Crippen MR) is 77.6 cm³/mol. The molecule has 0 fully saturated rings. The zero-order chi connectivity index (χ0) is 14.3. The molecule has 1 N–H and O–H groups in total. The van der Waals surface area contributed by atoms with Crippen LogP contribution in [0.1, 0.15) is 37.7 Å². The van der Waals surface area contributed by atoms with E-state index < -0.39 is 0 Å². The molecule has 5 nitrogen and oxygen atoms in total. The van der Waals surface area contributed by atoms with E-state index in [-0.39, 0.29) is 5.91 Å². The summed E-state index contributed by atoms with van der Waals surface area (Å²) in [5.41, 5.74) is 0.451. The largest absolute Gasteiger partial charge is 0.351 e. The summed E-state index contributed by atoms with van der Waals surface area (Å²) in [6.07, 6.45) is 2.45. The van der Waals surface area contributed by atoms with Gasteiger partial charge in [-0.3, -0.25) is 9.48 Å². The van der Waals surface area contributed by atoms with Crippen LogP contribution in [0.3, 0.4) is 0 Å². The van der Waals surface area contributed by atoms with Crippen LogP contribution in [0.15, 0.2) is 6.20 Å². The number of aryl methyl sites for hydroxylation is 1. The number of halogens is 1. The summed E-state index contributed by atoms with van der Waals surface area (Å²) in [7, 11) is 0. The average molecular weight is 287 g/mol. The lowest BCUT2D eigenvalue weighted by molar-refractivity contribution is 0.0941. The quantitative estimate of drug-likeness (QED) is 0.744. The minimum absolute atomic E-state index is 0.149. The molecule has 0 aliphatic heterocycles. The van der Waals surface area contributed by atoms with Crippen LogP contribution in [0, 0.1) is 0 Å². The summed E-state index contributed by atoms with van der Waals surface area (Å²) in [6, 6.07) is 0. The second-order valence-electron chi connectivity index (χ2n) is 4.29. The Labute approximate surface area is 119 Å². The minimum atomic E-state index is -0.149. The molecule has 0 radical (unpaired) electrons. The topological polar surface area (TPSA) is 50.2 Å². The Kier molecular flexibility index (Phi) is 6.87. The monoisotopic (exact) mass is 286 g/mol. The Bertz CT molecular complexity index is 401. The van der Waals surface area contributed by atoms with Gasteiger partial charge in [-0.1, -0.05) is 25.4 Å². The van der Waals surface area contributed by atoms with E-state index in [0.29, 0.717) is 23.8 Å². The van der Waals surface area contributed by atoms with Crippen molar-refractivity contribution in [2.24, 2.45) is 0 Å². The predicted octanol–water partition coefficient (Wildman–Crippen LogP) is 2.02. The molecule has 0 atom stereocenters. The van der Waals surface area contributed by atoms with Crippen LogP contribution in [0.5, 0.6) is 0 Å². The number of nitrogens with one attached hydrogen (secondary N) is 1. The smallest absolute Gasteiger partial charge is 0.271 e. The molecule has 1 heterocycles. The molecule has 1 aromatic rings. The number of hydrogen-bond donors (Lipinski definition) is 1. The number of rotatable bonds is 8. The Hall–Kier alpha value is -1.07. The molecule has 0 spiro atoms. The normalized spacial score (nSPS) is 11.0. The van der Waals surface area contributed by atoms with Crippen molar-refractivity contribution in [1.29, 1.82) is 0 Å².